The highest BCUT2D eigenvalue weighted by Gasteiger charge is 2.11. The van der Waals surface area contributed by atoms with Crippen molar-refractivity contribution < 1.29 is 0 Å². The number of hydrogen-bond acceptors (Lipinski definition) is 5. The van der Waals surface area contributed by atoms with Crippen LogP contribution < -0.4 is 10.2 Å². The molecular weight excluding hydrogens is 268 g/mol. The van der Waals surface area contributed by atoms with Crippen LogP contribution in [0.5, 0.6) is 0 Å². The largest absolute Gasteiger partial charge is 0.351 e. The minimum Gasteiger partial charge on any atom is -0.351 e. The highest BCUT2D eigenvalue weighted by atomic mass is 32.1. The molecule has 2 rings (SSSR count). The number of aryl methyl sites for hydroxylation is 1. The number of aromatic nitrogens is 2. The smallest absolute Gasteiger partial charge is 0.185 e. The van der Waals surface area contributed by atoms with Gasteiger partial charge in [0, 0.05) is 43.3 Å². The number of nitrogens with zero attached hydrogens (tertiary/aromatic N) is 3. The molecule has 5 heteroatoms. The molecule has 0 aliphatic heterocycles. The maximum atomic E-state index is 4.66. The van der Waals surface area contributed by atoms with Gasteiger partial charge in [0.05, 0.1) is 5.69 Å². The minimum atomic E-state index is 0.911. The van der Waals surface area contributed by atoms with E-state index in [2.05, 4.69) is 47.1 Å². The van der Waals surface area contributed by atoms with E-state index < -0.39 is 0 Å². The van der Waals surface area contributed by atoms with Gasteiger partial charge in [-0.3, -0.25) is 4.98 Å². The molecule has 0 aliphatic rings. The number of likely N-dealkylation sites (N-methyl/N-ethyl adjacent to an activating group) is 1. The van der Waals surface area contributed by atoms with E-state index in [0.717, 1.165) is 42.6 Å². The highest BCUT2D eigenvalue weighted by molar-refractivity contribution is 7.15. The Morgan fingerprint density at radius 3 is 2.90 bits per heavy atom. The number of thiazole rings is 1. The lowest BCUT2D eigenvalue weighted by Crippen LogP contribution is -2.20. The molecular formula is C15H22N4S. The van der Waals surface area contributed by atoms with Gasteiger partial charge in [-0.2, -0.15) is 0 Å². The molecule has 0 aromatic carbocycles. The zero-order valence-corrected chi connectivity index (χ0v) is 13.2. The van der Waals surface area contributed by atoms with Gasteiger partial charge in [-0.05, 0) is 25.6 Å². The molecule has 0 bridgehead atoms. The summed E-state index contributed by atoms with van der Waals surface area (Å²) >= 11 is 1.77. The van der Waals surface area contributed by atoms with Gasteiger partial charge in [-0.15, -0.1) is 11.3 Å². The summed E-state index contributed by atoms with van der Waals surface area (Å²) in [7, 11) is 2.10. The van der Waals surface area contributed by atoms with Gasteiger partial charge in [-0.25, -0.2) is 4.98 Å². The number of pyridine rings is 1. The standard InChI is InChI=1S/C15H22N4S/c1-4-16-11-14-12(2)18-15(20-14)19(3)10-8-13-7-5-6-9-17-13/h5-7,9,16H,4,8,10-11H2,1-3H3. The molecule has 0 spiro atoms. The first kappa shape index (κ1) is 14.9. The number of nitrogens with one attached hydrogen (secondary N) is 1. The summed E-state index contributed by atoms with van der Waals surface area (Å²) in [5.41, 5.74) is 2.26. The Morgan fingerprint density at radius 2 is 2.20 bits per heavy atom. The van der Waals surface area contributed by atoms with Crippen LogP contribution in [0.4, 0.5) is 5.13 Å². The van der Waals surface area contributed by atoms with Crippen molar-refractivity contribution in [1.29, 1.82) is 0 Å². The number of rotatable bonds is 7. The Balaban J connectivity index is 1.93. The predicted molar refractivity (Wildman–Crippen MR) is 85.4 cm³/mol. The maximum Gasteiger partial charge on any atom is 0.185 e. The fourth-order valence-electron chi connectivity index (χ4n) is 1.90. The van der Waals surface area contributed by atoms with E-state index in [4.69, 9.17) is 0 Å². The molecule has 1 N–H and O–H groups in total. The van der Waals surface area contributed by atoms with Gasteiger partial charge in [0.1, 0.15) is 0 Å². The van der Waals surface area contributed by atoms with Crippen molar-refractivity contribution in [3.8, 4) is 0 Å². The second-order valence-electron chi connectivity index (χ2n) is 4.78. The van der Waals surface area contributed by atoms with Gasteiger partial charge in [0.25, 0.3) is 0 Å². The summed E-state index contributed by atoms with van der Waals surface area (Å²) in [4.78, 5) is 12.5. The van der Waals surface area contributed by atoms with Crippen LogP contribution in [0.1, 0.15) is 23.2 Å². The SMILES string of the molecule is CCNCc1sc(N(C)CCc2ccccn2)nc1C. The van der Waals surface area contributed by atoms with Gasteiger partial charge in [-0.1, -0.05) is 13.0 Å². The van der Waals surface area contributed by atoms with Crippen molar-refractivity contribution >= 4 is 16.5 Å². The molecule has 0 fully saturated rings. The van der Waals surface area contributed by atoms with Crippen molar-refractivity contribution in [2.75, 3.05) is 25.0 Å². The van der Waals surface area contributed by atoms with E-state index in [9.17, 15) is 0 Å². The third-order valence-electron chi connectivity index (χ3n) is 3.17. The molecule has 0 atom stereocenters. The van der Waals surface area contributed by atoms with Crippen LogP contribution in [0, 0.1) is 6.92 Å². The van der Waals surface area contributed by atoms with Crippen LogP contribution in [0.3, 0.4) is 0 Å². The Morgan fingerprint density at radius 1 is 1.35 bits per heavy atom. The molecule has 4 nitrogen and oxygen atoms in total. The molecule has 2 heterocycles. The number of anilines is 1. The lowest BCUT2D eigenvalue weighted by molar-refractivity contribution is 0.731. The Labute approximate surface area is 124 Å². The van der Waals surface area contributed by atoms with Crippen LogP contribution in [-0.2, 0) is 13.0 Å². The summed E-state index contributed by atoms with van der Waals surface area (Å²) in [6, 6.07) is 6.05. The summed E-state index contributed by atoms with van der Waals surface area (Å²) in [6.45, 7) is 7.04. The summed E-state index contributed by atoms with van der Waals surface area (Å²) in [6.07, 6.45) is 2.79. The average molecular weight is 290 g/mol. The van der Waals surface area contributed by atoms with Crippen molar-refractivity contribution in [3.05, 3.63) is 40.7 Å². The number of hydrogen-bond donors (Lipinski definition) is 1. The molecule has 108 valence electrons. The van der Waals surface area contributed by atoms with Crippen molar-refractivity contribution in [2.24, 2.45) is 0 Å². The second-order valence-corrected chi connectivity index (χ2v) is 5.84. The van der Waals surface area contributed by atoms with Gasteiger partial charge < -0.3 is 10.2 Å². The Hall–Kier alpha value is -1.46. The molecule has 2 aromatic rings. The van der Waals surface area contributed by atoms with E-state index >= 15 is 0 Å². The van der Waals surface area contributed by atoms with Crippen molar-refractivity contribution in [1.82, 2.24) is 15.3 Å². The third-order valence-corrected chi connectivity index (χ3v) is 4.44. The highest BCUT2D eigenvalue weighted by Crippen LogP contribution is 2.25. The zero-order chi connectivity index (χ0) is 14.4. The summed E-state index contributed by atoms with van der Waals surface area (Å²) in [5, 5.41) is 4.45. The van der Waals surface area contributed by atoms with E-state index in [0.29, 0.717) is 0 Å². The van der Waals surface area contributed by atoms with Crippen LogP contribution in [0.2, 0.25) is 0 Å². The molecule has 0 radical (unpaired) electrons. The predicted octanol–water partition coefficient (Wildman–Crippen LogP) is 2.63. The average Bonchev–Trinajstić information content (AvgIpc) is 2.85. The van der Waals surface area contributed by atoms with Gasteiger partial charge in [0.15, 0.2) is 5.13 Å². The summed E-state index contributed by atoms with van der Waals surface area (Å²) < 4.78 is 0. The fourth-order valence-corrected chi connectivity index (χ4v) is 2.92. The lowest BCUT2D eigenvalue weighted by atomic mass is 10.2. The third kappa shape index (κ3) is 4.02. The minimum absolute atomic E-state index is 0.911. The van der Waals surface area contributed by atoms with Crippen molar-refractivity contribution in [2.45, 2.75) is 26.8 Å². The normalized spacial score (nSPS) is 10.8. The van der Waals surface area contributed by atoms with Crippen LogP contribution in [0.25, 0.3) is 0 Å². The van der Waals surface area contributed by atoms with E-state index in [-0.39, 0.29) is 0 Å². The fraction of sp³-hybridized carbons (Fsp3) is 0.467. The first-order chi connectivity index (χ1) is 9.70. The maximum absolute atomic E-state index is 4.66. The molecule has 0 amide bonds. The van der Waals surface area contributed by atoms with E-state index in [1.165, 1.54) is 4.88 Å². The zero-order valence-electron chi connectivity index (χ0n) is 12.4. The Kier molecular flexibility index (Phi) is 5.49. The molecule has 0 aliphatic carbocycles. The van der Waals surface area contributed by atoms with Crippen LogP contribution in [-0.4, -0.2) is 30.1 Å². The Bertz CT molecular complexity index is 524. The quantitative estimate of drug-likeness (QED) is 0.851. The molecule has 0 saturated carbocycles. The van der Waals surface area contributed by atoms with Gasteiger partial charge >= 0.3 is 0 Å². The topological polar surface area (TPSA) is 41.0 Å². The molecule has 0 saturated heterocycles. The first-order valence-corrected chi connectivity index (χ1v) is 7.80. The monoisotopic (exact) mass is 290 g/mol. The first-order valence-electron chi connectivity index (χ1n) is 6.98. The second kappa shape index (κ2) is 7.36. The van der Waals surface area contributed by atoms with Crippen LogP contribution >= 0.6 is 11.3 Å². The van der Waals surface area contributed by atoms with E-state index in [1.807, 2.05) is 18.3 Å². The molecule has 20 heavy (non-hydrogen) atoms. The lowest BCUT2D eigenvalue weighted by Gasteiger charge is -2.15. The van der Waals surface area contributed by atoms with Gasteiger partial charge in [0.2, 0.25) is 0 Å². The molecule has 0 unspecified atom stereocenters. The van der Waals surface area contributed by atoms with Crippen LogP contribution in [0.15, 0.2) is 24.4 Å². The van der Waals surface area contributed by atoms with Crippen molar-refractivity contribution in [3.63, 3.8) is 0 Å². The summed E-state index contributed by atoms with van der Waals surface area (Å²) in [5.74, 6) is 0. The van der Waals surface area contributed by atoms with E-state index in [1.54, 1.807) is 11.3 Å². The molecule has 2 aromatic heterocycles.